The maximum Gasteiger partial charge on any atom is 0.224 e. The molecule has 23 heavy (non-hydrogen) atoms. The highest BCUT2D eigenvalue weighted by molar-refractivity contribution is 5.78. The Balaban J connectivity index is 2.04. The van der Waals surface area contributed by atoms with Crippen LogP contribution in [0.3, 0.4) is 0 Å². The van der Waals surface area contributed by atoms with Crippen molar-refractivity contribution in [2.75, 3.05) is 6.54 Å². The topological polar surface area (TPSA) is 55.1 Å². The molecular formula is C20H26N2O. The summed E-state index contributed by atoms with van der Waals surface area (Å²) in [4.78, 5) is 12.0. The number of nitrogens with one attached hydrogen (secondary N) is 1. The molecule has 0 aliphatic heterocycles. The summed E-state index contributed by atoms with van der Waals surface area (Å²) in [5, 5.41) is 3.01. The molecule has 0 aliphatic carbocycles. The zero-order chi connectivity index (χ0) is 16.7. The van der Waals surface area contributed by atoms with Crippen molar-refractivity contribution < 1.29 is 4.79 Å². The Morgan fingerprint density at radius 2 is 1.43 bits per heavy atom. The van der Waals surface area contributed by atoms with E-state index in [4.69, 9.17) is 5.73 Å². The van der Waals surface area contributed by atoms with Gasteiger partial charge in [0, 0.05) is 24.4 Å². The number of amides is 1. The van der Waals surface area contributed by atoms with E-state index in [2.05, 4.69) is 53.8 Å². The molecule has 0 bridgehead atoms. The number of nitrogens with two attached hydrogens (primary N) is 1. The zero-order valence-corrected chi connectivity index (χ0v) is 13.9. The number of carbonyl (C=O) groups excluding carboxylic acids is 1. The Hall–Kier alpha value is -2.13. The van der Waals surface area contributed by atoms with Crippen LogP contribution in [0.5, 0.6) is 0 Å². The van der Waals surface area contributed by atoms with Crippen molar-refractivity contribution in [3.63, 3.8) is 0 Å². The summed E-state index contributed by atoms with van der Waals surface area (Å²) in [6.45, 7) is 4.37. The molecule has 122 valence electrons. The molecule has 0 spiro atoms. The van der Waals surface area contributed by atoms with Crippen LogP contribution in [0.4, 0.5) is 0 Å². The Morgan fingerprint density at radius 1 is 0.957 bits per heavy atom. The van der Waals surface area contributed by atoms with Crippen molar-refractivity contribution in [2.24, 2.45) is 11.7 Å². The average Bonchev–Trinajstić information content (AvgIpc) is 2.59. The van der Waals surface area contributed by atoms with E-state index in [1.807, 2.05) is 26.0 Å². The van der Waals surface area contributed by atoms with Crippen LogP contribution in [0, 0.1) is 5.92 Å². The van der Waals surface area contributed by atoms with E-state index in [-0.39, 0.29) is 23.8 Å². The van der Waals surface area contributed by atoms with Crippen LogP contribution < -0.4 is 11.1 Å². The first-order valence-corrected chi connectivity index (χ1v) is 8.22. The van der Waals surface area contributed by atoms with Crippen LogP contribution in [-0.2, 0) is 4.79 Å². The van der Waals surface area contributed by atoms with Crippen LogP contribution in [0.1, 0.15) is 37.3 Å². The van der Waals surface area contributed by atoms with Crippen molar-refractivity contribution in [3.8, 4) is 0 Å². The van der Waals surface area contributed by atoms with Crippen LogP contribution in [-0.4, -0.2) is 18.5 Å². The third-order valence-electron chi connectivity index (χ3n) is 4.34. The van der Waals surface area contributed by atoms with Gasteiger partial charge in [-0.15, -0.1) is 0 Å². The van der Waals surface area contributed by atoms with E-state index in [0.29, 0.717) is 6.54 Å². The number of hydrogen-bond donors (Lipinski definition) is 2. The van der Waals surface area contributed by atoms with Crippen LogP contribution in [0.15, 0.2) is 60.7 Å². The van der Waals surface area contributed by atoms with Crippen molar-refractivity contribution in [3.05, 3.63) is 71.8 Å². The van der Waals surface area contributed by atoms with Gasteiger partial charge >= 0.3 is 0 Å². The predicted octanol–water partition coefficient (Wildman–Crippen LogP) is 3.31. The molecule has 0 heterocycles. The summed E-state index contributed by atoms with van der Waals surface area (Å²) >= 11 is 0. The van der Waals surface area contributed by atoms with Crippen LogP contribution in [0.25, 0.3) is 0 Å². The highest BCUT2D eigenvalue weighted by Gasteiger charge is 2.18. The SMILES string of the molecule is CC(N)C(C)C(=O)NCCC(c1ccccc1)c1ccccc1. The van der Waals surface area contributed by atoms with Gasteiger partial charge in [-0.3, -0.25) is 4.79 Å². The van der Waals surface area contributed by atoms with Gasteiger partial charge in [0.25, 0.3) is 0 Å². The highest BCUT2D eigenvalue weighted by Crippen LogP contribution is 2.27. The second-order valence-corrected chi connectivity index (χ2v) is 6.10. The van der Waals surface area contributed by atoms with E-state index in [9.17, 15) is 4.79 Å². The molecule has 3 nitrogen and oxygen atoms in total. The normalized spacial score (nSPS) is 13.6. The lowest BCUT2D eigenvalue weighted by molar-refractivity contribution is -0.124. The summed E-state index contributed by atoms with van der Waals surface area (Å²) in [7, 11) is 0. The Bertz CT molecular complexity index is 556. The molecule has 2 rings (SSSR count). The van der Waals surface area contributed by atoms with Gasteiger partial charge in [0.1, 0.15) is 0 Å². The fourth-order valence-electron chi connectivity index (χ4n) is 2.64. The van der Waals surface area contributed by atoms with Crippen molar-refractivity contribution in [1.29, 1.82) is 0 Å². The fraction of sp³-hybridized carbons (Fsp3) is 0.350. The Labute approximate surface area is 138 Å². The first-order chi connectivity index (χ1) is 11.1. The molecule has 2 aromatic carbocycles. The van der Waals surface area contributed by atoms with E-state index in [0.717, 1.165) is 6.42 Å². The Morgan fingerprint density at radius 3 is 1.87 bits per heavy atom. The molecule has 0 saturated heterocycles. The molecule has 3 N–H and O–H groups in total. The molecule has 2 atom stereocenters. The molecule has 2 aromatic rings. The number of rotatable bonds is 7. The van der Waals surface area contributed by atoms with Crippen LogP contribution >= 0.6 is 0 Å². The minimum Gasteiger partial charge on any atom is -0.356 e. The molecule has 0 fully saturated rings. The third kappa shape index (κ3) is 4.93. The minimum atomic E-state index is -0.165. The summed E-state index contributed by atoms with van der Waals surface area (Å²) in [5.74, 6) is 0.144. The predicted molar refractivity (Wildman–Crippen MR) is 95.2 cm³/mol. The fourth-order valence-corrected chi connectivity index (χ4v) is 2.64. The number of hydrogen-bond acceptors (Lipinski definition) is 2. The Kier molecular flexibility index (Phi) is 6.36. The standard InChI is InChI=1S/C20H26N2O/c1-15(16(2)21)20(23)22-14-13-19(17-9-5-3-6-10-17)18-11-7-4-8-12-18/h3-12,15-16,19H,13-14,21H2,1-2H3,(H,22,23). The van der Waals surface area contributed by atoms with E-state index in [1.54, 1.807) is 0 Å². The van der Waals surface area contributed by atoms with Gasteiger partial charge in [-0.25, -0.2) is 0 Å². The lowest BCUT2D eigenvalue weighted by Gasteiger charge is -2.20. The molecule has 0 saturated carbocycles. The smallest absolute Gasteiger partial charge is 0.224 e. The van der Waals surface area contributed by atoms with Gasteiger partial charge in [0.05, 0.1) is 0 Å². The second kappa shape index (κ2) is 8.49. The first kappa shape index (κ1) is 17.2. The van der Waals surface area contributed by atoms with Gasteiger partial charge in [-0.1, -0.05) is 67.6 Å². The van der Waals surface area contributed by atoms with Crippen molar-refractivity contribution in [2.45, 2.75) is 32.2 Å². The van der Waals surface area contributed by atoms with Gasteiger partial charge in [0.15, 0.2) is 0 Å². The number of carbonyl (C=O) groups is 1. The van der Waals surface area contributed by atoms with Gasteiger partial charge in [-0.2, -0.15) is 0 Å². The maximum atomic E-state index is 12.0. The average molecular weight is 310 g/mol. The van der Waals surface area contributed by atoms with Gasteiger partial charge in [0.2, 0.25) is 5.91 Å². The van der Waals surface area contributed by atoms with Crippen LogP contribution in [0.2, 0.25) is 0 Å². The maximum absolute atomic E-state index is 12.0. The summed E-state index contributed by atoms with van der Waals surface area (Å²) in [5.41, 5.74) is 8.33. The summed E-state index contributed by atoms with van der Waals surface area (Å²) in [6.07, 6.45) is 0.867. The lowest BCUT2D eigenvalue weighted by atomic mass is 9.88. The van der Waals surface area contributed by atoms with Gasteiger partial charge in [-0.05, 0) is 24.5 Å². The molecule has 0 aliphatic rings. The second-order valence-electron chi connectivity index (χ2n) is 6.10. The zero-order valence-electron chi connectivity index (χ0n) is 13.9. The molecule has 0 aromatic heterocycles. The lowest BCUT2D eigenvalue weighted by Crippen LogP contribution is -2.39. The van der Waals surface area contributed by atoms with Crippen molar-refractivity contribution >= 4 is 5.91 Å². The van der Waals surface area contributed by atoms with E-state index >= 15 is 0 Å². The number of benzene rings is 2. The third-order valence-corrected chi connectivity index (χ3v) is 4.34. The summed E-state index contributed by atoms with van der Waals surface area (Å²) < 4.78 is 0. The molecule has 3 heteroatoms. The molecular weight excluding hydrogens is 284 g/mol. The minimum absolute atomic E-state index is 0.0277. The largest absolute Gasteiger partial charge is 0.356 e. The van der Waals surface area contributed by atoms with Gasteiger partial charge < -0.3 is 11.1 Å². The van der Waals surface area contributed by atoms with E-state index in [1.165, 1.54) is 11.1 Å². The quantitative estimate of drug-likeness (QED) is 0.824. The molecule has 1 amide bonds. The highest BCUT2D eigenvalue weighted by atomic mass is 16.1. The van der Waals surface area contributed by atoms with Crippen molar-refractivity contribution in [1.82, 2.24) is 5.32 Å². The first-order valence-electron chi connectivity index (χ1n) is 8.22. The monoisotopic (exact) mass is 310 g/mol. The summed E-state index contributed by atoms with van der Waals surface area (Å²) in [6, 6.07) is 20.7. The van der Waals surface area contributed by atoms with E-state index < -0.39 is 0 Å². The molecule has 2 unspecified atom stereocenters. The molecule has 0 radical (unpaired) electrons.